The van der Waals surface area contributed by atoms with E-state index in [4.69, 9.17) is 0 Å². The largest absolute Gasteiger partial charge is 0.298 e. The maximum Gasteiger partial charge on any atom is 0.258 e. The van der Waals surface area contributed by atoms with Crippen LogP contribution >= 0.6 is 22.7 Å². The normalized spacial score (nSPS) is 17.4. The highest BCUT2D eigenvalue weighted by Gasteiger charge is 2.23. The maximum atomic E-state index is 12.6. The topological polar surface area (TPSA) is 42.0 Å². The molecule has 2 aromatic heterocycles. The molecule has 112 valence electrons. The predicted octanol–water partition coefficient (Wildman–Crippen LogP) is 4.73. The standard InChI is InChI=1S/C17H16N2OS2/c1-10-6-7-11-12(9-21-15(11)8-10)16(20)19-17-18-13-4-2-3-5-14(13)22-17/h2-5,9-10H,6-8H2,1H3,(H,18,19,20)/t10-/m0/s1. The lowest BCUT2D eigenvalue weighted by atomic mass is 9.88. The highest BCUT2D eigenvalue weighted by molar-refractivity contribution is 7.22. The summed E-state index contributed by atoms with van der Waals surface area (Å²) in [5.41, 5.74) is 3.02. The van der Waals surface area contributed by atoms with Gasteiger partial charge in [0.25, 0.3) is 5.91 Å². The lowest BCUT2D eigenvalue weighted by Gasteiger charge is -2.18. The summed E-state index contributed by atoms with van der Waals surface area (Å²) in [5.74, 6) is 0.706. The Labute approximate surface area is 137 Å². The van der Waals surface area contributed by atoms with Crippen LogP contribution < -0.4 is 5.32 Å². The van der Waals surface area contributed by atoms with E-state index in [1.165, 1.54) is 28.2 Å². The first-order valence-corrected chi connectivity index (χ1v) is 9.16. The average Bonchev–Trinajstić information content (AvgIpc) is 3.09. The van der Waals surface area contributed by atoms with Gasteiger partial charge in [0.15, 0.2) is 5.13 Å². The second-order valence-corrected chi connectivity index (χ2v) is 7.83. The van der Waals surface area contributed by atoms with Crippen LogP contribution in [0.4, 0.5) is 5.13 Å². The van der Waals surface area contributed by atoms with Crippen molar-refractivity contribution in [3.8, 4) is 0 Å². The first kappa shape index (κ1) is 13.9. The van der Waals surface area contributed by atoms with Crippen LogP contribution in [0.1, 0.15) is 34.1 Å². The zero-order valence-electron chi connectivity index (χ0n) is 12.3. The number of carbonyl (C=O) groups is 1. The Balaban J connectivity index is 1.60. The molecule has 0 aliphatic heterocycles. The number of thiophene rings is 1. The minimum Gasteiger partial charge on any atom is -0.298 e. The lowest BCUT2D eigenvalue weighted by Crippen LogP contribution is -2.16. The molecule has 3 aromatic rings. The number of para-hydroxylation sites is 1. The number of thiazole rings is 1. The van der Waals surface area contributed by atoms with Crippen LogP contribution in [0.15, 0.2) is 29.6 Å². The summed E-state index contributed by atoms with van der Waals surface area (Å²) in [6, 6.07) is 7.94. The van der Waals surface area contributed by atoms with E-state index >= 15 is 0 Å². The number of rotatable bonds is 2. The fourth-order valence-electron chi connectivity index (χ4n) is 2.96. The molecule has 5 heteroatoms. The van der Waals surface area contributed by atoms with Crippen LogP contribution in [-0.4, -0.2) is 10.9 Å². The number of benzene rings is 1. The van der Waals surface area contributed by atoms with Gasteiger partial charge in [-0.1, -0.05) is 30.4 Å². The van der Waals surface area contributed by atoms with Crippen LogP contribution in [0.25, 0.3) is 10.2 Å². The molecule has 2 heterocycles. The van der Waals surface area contributed by atoms with E-state index in [1.54, 1.807) is 11.3 Å². The minimum absolute atomic E-state index is 0.0221. The number of anilines is 1. The van der Waals surface area contributed by atoms with E-state index in [-0.39, 0.29) is 5.91 Å². The van der Waals surface area contributed by atoms with Crippen molar-refractivity contribution in [3.05, 3.63) is 45.6 Å². The van der Waals surface area contributed by atoms with Gasteiger partial charge in [-0.25, -0.2) is 4.98 Å². The second kappa shape index (κ2) is 5.48. The molecule has 0 saturated heterocycles. The molecule has 1 aliphatic rings. The Hall–Kier alpha value is -1.72. The third-order valence-corrected chi connectivity index (χ3v) is 6.16. The van der Waals surface area contributed by atoms with E-state index < -0.39 is 0 Å². The summed E-state index contributed by atoms with van der Waals surface area (Å²) in [6.07, 6.45) is 3.29. The summed E-state index contributed by atoms with van der Waals surface area (Å²) in [6.45, 7) is 2.28. The van der Waals surface area contributed by atoms with Crippen molar-refractivity contribution >= 4 is 43.9 Å². The Kier molecular flexibility index (Phi) is 3.47. The van der Waals surface area contributed by atoms with Crippen molar-refractivity contribution in [1.82, 2.24) is 4.98 Å². The molecule has 22 heavy (non-hydrogen) atoms. The van der Waals surface area contributed by atoms with Gasteiger partial charge in [0.1, 0.15) is 0 Å². The molecular weight excluding hydrogens is 312 g/mol. The van der Waals surface area contributed by atoms with Gasteiger partial charge < -0.3 is 0 Å². The van der Waals surface area contributed by atoms with Gasteiger partial charge in [-0.3, -0.25) is 10.1 Å². The summed E-state index contributed by atoms with van der Waals surface area (Å²) < 4.78 is 1.10. The van der Waals surface area contributed by atoms with Crippen LogP contribution in [0.5, 0.6) is 0 Å². The molecule has 0 unspecified atom stereocenters. The van der Waals surface area contributed by atoms with Crippen molar-refractivity contribution in [3.63, 3.8) is 0 Å². The van der Waals surface area contributed by atoms with Crippen molar-refractivity contribution in [2.75, 3.05) is 5.32 Å². The van der Waals surface area contributed by atoms with Gasteiger partial charge in [0.2, 0.25) is 0 Å². The Morgan fingerprint density at radius 3 is 3.09 bits per heavy atom. The van der Waals surface area contributed by atoms with E-state index in [2.05, 4.69) is 17.2 Å². The molecule has 1 amide bonds. The number of nitrogens with zero attached hydrogens (tertiary/aromatic N) is 1. The van der Waals surface area contributed by atoms with Crippen LogP contribution in [0.3, 0.4) is 0 Å². The molecule has 0 fully saturated rings. The number of nitrogens with one attached hydrogen (secondary N) is 1. The van der Waals surface area contributed by atoms with Crippen molar-refractivity contribution in [2.45, 2.75) is 26.2 Å². The molecule has 4 rings (SSSR count). The molecule has 0 radical (unpaired) electrons. The van der Waals surface area contributed by atoms with Crippen molar-refractivity contribution in [2.24, 2.45) is 5.92 Å². The zero-order chi connectivity index (χ0) is 15.1. The summed E-state index contributed by atoms with van der Waals surface area (Å²) in [7, 11) is 0. The second-order valence-electron chi connectivity index (χ2n) is 5.84. The third kappa shape index (κ3) is 2.44. The molecule has 1 atom stereocenters. The Morgan fingerprint density at radius 2 is 2.23 bits per heavy atom. The average molecular weight is 328 g/mol. The number of carbonyl (C=O) groups excluding carboxylic acids is 1. The third-order valence-electron chi connectivity index (χ3n) is 4.16. The van der Waals surface area contributed by atoms with E-state index in [0.29, 0.717) is 5.13 Å². The summed E-state index contributed by atoms with van der Waals surface area (Å²) in [4.78, 5) is 18.4. The molecule has 3 nitrogen and oxygen atoms in total. The van der Waals surface area contributed by atoms with Crippen LogP contribution in [-0.2, 0) is 12.8 Å². The van der Waals surface area contributed by atoms with E-state index in [0.717, 1.165) is 34.5 Å². The van der Waals surface area contributed by atoms with Gasteiger partial charge in [0.05, 0.1) is 15.8 Å². The predicted molar refractivity (Wildman–Crippen MR) is 93.1 cm³/mol. The van der Waals surface area contributed by atoms with Crippen molar-refractivity contribution in [1.29, 1.82) is 0 Å². The number of aromatic nitrogens is 1. The van der Waals surface area contributed by atoms with E-state index in [1.807, 2.05) is 29.6 Å². The Bertz CT molecular complexity index is 816. The molecule has 1 N–H and O–H groups in total. The molecule has 0 saturated carbocycles. The minimum atomic E-state index is -0.0221. The molecular formula is C17H16N2OS2. The van der Waals surface area contributed by atoms with Crippen molar-refractivity contribution < 1.29 is 4.79 Å². The number of amides is 1. The number of hydrogen-bond donors (Lipinski definition) is 1. The summed E-state index contributed by atoms with van der Waals surface area (Å²) >= 11 is 3.24. The molecule has 0 bridgehead atoms. The first-order chi connectivity index (χ1) is 10.7. The Morgan fingerprint density at radius 1 is 1.36 bits per heavy atom. The molecule has 0 spiro atoms. The highest BCUT2D eigenvalue weighted by atomic mass is 32.1. The van der Waals surface area contributed by atoms with Crippen LogP contribution in [0, 0.1) is 5.92 Å². The quantitative estimate of drug-likeness (QED) is 0.738. The molecule has 1 aromatic carbocycles. The van der Waals surface area contributed by atoms with Gasteiger partial charge in [-0.2, -0.15) is 0 Å². The first-order valence-electron chi connectivity index (χ1n) is 7.47. The van der Waals surface area contributed by atoms with E-state index in [9.17, 15) is 4.79 Å². The zero-order valence-corrected chi connectivity index (χ0v) is 13.9. The molecule has 1 aliphatic carbocycles. The fourth-order valence-corrected chi connectivity index (χ4v) is 5.06. The SMILES string of the molecule is C[C@H]1CCc2c(C(=O)Nc3nc4ccccc4s3)csc2C1. The van der Waals surface area contributed by atoms with Gasteiger partial charge >= 0.3 is 0 Å². The number of fused-ring (bicyclic) bond motifs is 2. The lowest BCUT2D eigenvalue weighted by molar-refractivity contribution is 0.102. The van der Waals surface area contributed by atoms with Gasteiger partial charge in [0, 0.05) is 10.3 Å². The number of hydrogen-bond acceptors (Lipinski definition) is 4. The van der Waals surface area contributed by atoms with Gasteiger partial charge in [-0.05, 0) is 42.9 Å². The maximum absolute atomic E-state index is 12.6. The fraction of sp³-hybridized carbons (Fsp3) is 0.294. The smallest absolute Gasteiger partial charge is 0.258 e. The van der Waals surface area contributed by atoms with Crippen LogP contribution in [0.2, 0.25) is 0 Å². The summed E-state index contributed by atoms with van der Waals surface area (Å²) in [5, 5.41) is 5.65. The van der Waals surface area contributed by atoms with Gasteiger partial charge in [-0.15, -0.1) is 11.3 Å². The highest BCUT2D eigenvalue weighted by Crippen LogP contribution is 2.33. The monoisotopic (exact) mass is 328 g/mol.